The summed E-state index contributed by atoms with van der Waals surface area (Å²) in [5.41, 5.74) is 7.93. The summed E-state index contributed by atoms with van der Waals surface area (Å²) in [7, 11) is 0. The van der Waals surface area contributed by atoms with Crippen LogP contribution < -0.4 is 11.1 Å². The van der Waals surface area contributed by atoms with Crippen LogP contribution in [0.5, 0.6) is 0 Å². The molecule has 0 spiro atoms. The van der Waals surface area contributed by atoms with E-state index in [1.165, 1.54) is 31.2 Å². The summed E-state index contributed by atoms with van der Waals surface area (Å²) in [6.07, 6.45) is 5.23. The molecule has 4 nitrogen and oxygen atoms in total. The third-order valence-corrected chi connectivity index (χ3v) is 4.22. The zero-order chi connectivity index (χ0) is 13.0. The Bertz CT molecular complexity index is 348. The molecule has 4 heteroatoms. The molecule has 0 radical (unpaired) electrons. The number of hydrogen-bond acceptors (Lipinski definition) is 4. The minimum Gasteiger partial charge on any atom is -0.361 e. The molecule has 3 N–H and O–H groups in total. The normalized spacial score (nSPS) is 24.4. The molecule has 0 saturated heterocycles. The van der Waals surface area contributed by atoms with Crippen LogP contribution in [0.15, 0.2) is 4.52 Å². The molecule has 2 rings (SSSR count). The van der Waals surface area contributed by atoms with Crippen LogP contribution in [-0.2, 0) is 6.54 Å². The molecule has 0 bridgehead atoms. The van der Waals surface area contributed by atoms with E-state index in [1.54, 1.807) is 0 Å². The lowest BCUT2D eigenvalue weighted by atomic mass is 9.82. The number of nitrogens with zero attached hydrogens (tertiary/aromatic N) is 1. The lowest BCUT2D eigenvalue weighted by Gasteiger charge is -2.27. The molecule has 1 saturated carbocycles. The van der Waals surface area contributed by atoms with Crippen molar-refractivity contribution < 1.29 is 4.52 Å². The summed E-state index contributed by atoms with van der Waals surface area (Å²) in [6.45, 7) is 6.81. The van der Waals surface area contributed by atoms with E-state index < -0.39 is 0 Å². The fourth-order valence-corrected chi connectivity index (χ4v) is 2.83. The third kappa shape index (κ3) is 3.33. The van der Waals surface area contributed by atoms with Gasteiger partial charge in [0.05, 0.1) is 5.69 Å². The topological polar surface area (TPSA) is 64.1 Å². The number of aromatic nitrogens is 1. The zero-order valence-corrected chi connectivity index (χ0v) is 11.5. The van der Waals surface area contributed by atoms with Crippen molar-refractivity contribution in [3.05, 3.63) is 17.0 Å². The fraction of sp³-hybridized carbons (Fsp3) is 0.786. The van der Waals surface area contributed by atoms with Crippen molar-refractivity contribution in [1.29, 1.82) is 0 Å². The van der Waals surface area contributed by atoms with Crippen molar-refractivity contribution in [2.45, 2.75) is 46.1 Å². The first kappa shape index (κ1) is 13.6. The summed E-state index contributed by atoms with van der Waals surface area (Å²) < 4.78 is 5.16. The van der Waals surface area contributed by atoms with Crippen molar-refractivity contribution in [3.8, 4) is 0 Å². The number of hydrogen-bond donors (Lipinski definition) is 2. The molecule has 1 aliphatic rings. The Kier molecular flexibility index (Phi) is 4.78. The van der Waals surface area contributed by atoms with Gasteiger partial charge in [0.15, 0.2) is 0 Å². The minimum absolute atomic E-state index is 0.767. The molecule has 0 aliphatic heterocycles. The highest BCUT2D eigenvalue weighted by molar-refractivity contribution is 5.20. The van der Waals surface area contributed by atoms with Crippen molar-refractivity contribution in [1.82, 2.24) is 10.5 Å². The van der Waals surface area contributed by atoms with E-state index in [-0.39, 0.29) is 0 Å². The molecule has 0 atom stereocenters. The molecular weight excluding hydrogens is 226 g/mol. The molecule has 0 unspecified atom stereocenters. The SMILES string of the molecule is Cc1noc(C)c1CNCC1CCC(CN)CC1. The number of nitrogens with one attached hydrogen (secondary N) is 1. The van der Waals surface area contributed by atoms with E-state index in [0.717, 1.165) is 42.9 Å². The highest BCUT2D eigenvalue weighted by Gasteiger charge is 2.20. The molecule has 0 amide bonds. The predicted molar refractivity (Wildman–Crippen MR) is 72.2 cm³/mol. The van der Waals surface area contributed by atoms with Gasteiger partial charge in [-0.25, -0.2) is 0 Å². The molecule has 1 heterocycles. The Morgan fingerprint density at radius 3 is 2.44 bits per heavy atom. The second kappa shape index (κ2) is 6.34. The average molecular weight is 251 g/mol. The smallest absolute Gasteiger partial charge is 0.138 e. The van der Waals surface area contributed by atoms with E-state index in [2.05, 4.69) is 10.5 Å². The highest BCUT2D eigenvalue weighted by atomic mass is 16.5. The molecular formula is C14H25N3O. The van der Waals surface area contributed by atoms with Gasteiger partial charge in [-0.1, -0.05) is 5.16 Å². The number of rotatable bonds is 5. The van der Waals surface area contributed by atoms with E-state index in [4.69, 9.17) is 10.3 Å². The van der Waals surface area contributed by atoms with E-state index in [0.29, 0.717) is 0 Å². The van der Waals surface area contributed by atoms with Gasteiger partial charge in [-0.15, -0.1) is 0 Å². The van der Waals surface area contributed by atoms with Gasteiger partial charge in [0.25, 0.3) is 0 Å². The standard InChI is InChI=1S/C14H25N3O/c1-10-14(11(2)18-17-10)9-16-8-13-5-3-12(7-15)4-6-13/h12-13,16H,3-9,15H2,1-2H3. The highest BCUT2D eigenvalue weighted by Crippen LogP contribution is 2.27. The quantitative estimate of drug-likeness (QED) is 0.841. The third-order valence-electron chi connectivity index (χ3n) is 4.22. The zero-order valence-electron chi connectivity index (χ0n) is 11.5. The lowest BCUT2D eigenvalue weighted by molar-refractivity contribution is 0.272. The number of nitrogens with two attached hydrogens (primary N) is 1. The second-order valence-electron chi connectivity index (χ2n) is 5.56. The minimum atomic E-state index is 0.767. The Morgan fingerprint density at radius 1 is 1.22 bits per heavy atom. The maximum Gasteiger partial charge on any atom is 0.138 e. The van der Waals surface area contributed by atoms with Gasteiger partial charge in [0, 0.05) is 12.1 Å². The first-order valence-electron chi connectivity index (χ1n) is 7.03. The Hall–Kier alpha value is -0.870. The fourth-order valence-electron chi connectivity index (χ4n) is 2.83. The van der Waals surface area contributed by atoms with Gasteiger partial charge in [-0.3, -0.25) is 0 Å². The molecule has 1 fully saturated rings. The second-order valence-corrected chi connectivity index (χ2v) is 5.56. The summed E-state index contributed by atoms with van der Waals surface area (Å²) >= 11 is 0. The summed E-state index contributed by atoms with van der Waals surface area (Å²) in [6, 6.07) is 0. The van der Waals surface area contributed by atoms with Crippen molar-refractivity contribution in [2.75, 3.05) is 13.1 Å². The van der Waals surface area contributed by atoms with Crippen molar-refractivity contribution >= 4 is 0 Å². The molecule has 1 aromatic heterocycles. The maximum atomic E-state index is 5.71. The van der Waals surface area contributed by atoms with Gasteiger partial charge in [-0.2, -0.15) is 0 Å². The molecule has 102 valence electrons. The van der Waals surface area contributed by atoms with Crippen LogP contribution in [0.4, 0.5) is 0 Å². The Morgan fingerprint density at radius 2 is 1.89 bits per heavy atom. The molecule has 1 aliphatic carbocycles. The van der Waals surface area contributed by atoms with Gasteiger partial charge in [0.2, 0.25) is 0 Å². The summed E-state index contributed by atoms with van der Waals surface area (Å²) in [4.78, 5) is 0. The van der Waals surface area contributed by atoms with Crippen molar-refractivity contribution in [3.63, 3.8) is 0 Å². The van der Waals surface area contributed by atoms with Crippen molar-refractivity contribution in [2.24, 2.45) is 17.6 Å². The van der Waals surface area contributed by atoms with Crippen LogP contribution in [0.25, 0.3) is 0 Å². The van der Waals surface area contributed by atoms with Crippen LogP contribution in [-0.4, -0.2) is 18.2 Å². The van der Waals surface area contributed by atoms with Gasteiger partial charge in [0.1, 0.15) is 5.76 Å². The van der Waals surface area contributed by atoms with Crippen LogP contribution in [0, 0.1) is 25.7 Å². The van der Waals surface area contributed by atoms with Gasteiger partial charge in [-0.05, 0) is 64.5 Å². The Labute approximate surface area is 109 Å². The van der Waals surface area contributed by atoms with Crippen LogP contribution >= 0.6 is 0 Å². The van der Waals surface area contributed by atoms with E-state index >= 15 is 0 Å². The lowest BCUT2D eigenvalue weighted by Crippen LogP contribution is -2.28. The predicted octanol–water partition coefficient (Wildman–Crippen LogP) is 2.15. The van der Waals surface area contributed by atoms with Gasteiger partial charge < -0.3 is 15.6 Å². The molecule has 18 heavy (non-hydrogen) atoms. The number of aryl methyl sites for hydroxylation is 2. The average Bonchev–Trinajstić information content (AvgIpc) is 2.71. The van der Waals surface area contributed by atoms with Crippen LogP contribution in [0.3, 0.4) is 0 Å². The van der Waals surface area contributed by atoms with Crippen LogP contribution in [0.2, 0.25) is 0 Å². The molecule has 0 aromatic carbocycles. The Balaban J connectivity index is 1.70. The van der Waals surface area contributed by atoms with Crippen LogP contribution in [0.1, 0.15) is 42.7 Å². The largest absolute Gasteiger partial charge is 0.361 e. The van der Waals surface area contributed by atoms with E-state index in [1.807, 2.05) is 13.8 Å². The maximum absolute atomic E-state index is 5.71. The first-order valence-corrected chi connectivity index (χ1v) is 7.03. The summed E-state index contributed by atoms with van der Waals surface area (Å²) in [5, 5.41) is 7.51. The van der Waals surface area contributed by atoms with E-state index in [9.17, 15) is 0 Å². The summed E-state index contributed by atoms with van der Waals surface area (Å²) in [5.74, 6) is 2.52. The first-order chi connectivity index (χ1) is 8.70. The monoisotopic (exact) mass is 251 g/mol. The molecule has 1 aromatic rings. The van der Waals surface area contributed by atoms with Gasteiger partial charge >= 0.3 is 0 Å².